The van der Waals surface area contributed by atoms with Crippen molar-refractivity contribution >= 4 is 5.97 Å². The number of nitrogens with zero attached hydrogens (tertiary/aromatic N) is 1. The number of rotatable bonds is 4. The Morgan fingerprint density at radius 3 is 3.00 bits per heavy atom. The van der Waals surface area contributed by atoms with Gasteiger partial charge in [-0.25, -0.2) is 4.39 Å². The first-order chi connectivity index (χ1) is 8.72. The molecular weight excluding hydrogens is 233 g/mol. The van der Waals surface area contributed by atoms with Crippen molar-refractivity contribution < 1.29 is 13.9 Å². The lowest BCUT2D eigenvalue weighted by Crippen LogP contribution is -2.37. The quantitative estimate of drug-likeness (QED) is 0.769. The van der Waals surface area contributed by atoms with Crippen molar-refractivity contribution in [1.82, 2.24) is 4.90 Å². The normalized spacial score (nSPS) is 20.0. The summed E-state index contributed by atoms with van der Waals surface area (Å²) >= 11 is 0. The first kappa shape index (κ1) is 13.0. The van der Waals surface area contributed by atoms with Crippen molar-refractivity contribution in [3.8, 4) is 0 Å². The summed E-state index contributed by atoms with van der Waals surface area (Å²) in [6.07, 6.45) is 1.76. The summed E-state index contributed by atoms with van der Waals surface area (Å²) in [6.45, 7) is 3.48. The minimum Gasteiger partial charge on any atom is -0.465 e. The second-order valence-corrected chi connectivity index (χ2v) is 4.47. The Bertz CT molecular complexity index is 422. The predicted octanol–water partition coefficient (Wildman–Crippen LogP) is 2.35. The van der Waals surface area contributed by atoms with Gasteiger partial charge < -0.3 is 4.74 Å². The highest BCUT2D eigenvalue weighted by atomic mass is 19.1. The van der Waals surface area contributed by atoms with Crippen molar-refractivity contribution in [2.45, 2.75) is 32.4 Å². The lowest BCUT2D eigenvalue weighted by molar-refractivity contribution is -0.148. The molecule has 3 nitrogen and oxygen atoms in total. The smallest absolute Gasteiger partial charge is 0.323 e. The molecule has 4 heteroatoms. The van der Waals surface area contributed by atoms with Crippen LogP contribution in [0.5, 0.6) is 0 Å². The van der Waals surface area contributed by atoms with Gasteiger partial charge in [0.25, 0.3) is 0 Å². The molecule has 0 saturated carbocycles. The Balaban J connectivity index is 2.04. The van der Waals surface area contributed by atoms with Crippen molar-refractivity contribution in [2.75, 3.05) is 13.2 Å². The van der Waals surface area contributed by atoms with Crippen LogP contribution in [-0.4, -0.2) is 30.1 Å². The molecule has 1 aliphatic rings. The third-order valence-electron chi connectivity index (χ3n) is 3.25. The molecule has 1 heterocycles. The van der Waals surface area contributed by atoms with Crippen molar-refractivity contribution in [3.05, 3.63) is 35.6 Å². The molecule has 1 atom stereocenters. The maximum Gasteiger partial charge on any atom is 0.323 e. The fourth-order valence-corrected chi connectivity index (χ4v) is 2.37. The molecule has 0 aromatic heterocycles. The second-order valence-electron chi connectivity index (χ2n) is 4.47. The van der Waals surface area contributed by atoms with Crippen LogP contribution in [-0.2, 0) is 16.1 Å². The second kappa shape index (κ2) is 5.96. The average molecular weight is 251 g/mol. The molecule has 0 N–H and O–H groups in total. The van der Waals surface area contributed by atoms with E-state index in [1.165, 1.54) is 6.07 Å². The molecule has 0 aliphatic carbocycles. The van der Waals surface area contributed by atoms with Crippen LogP contribution < -0.4 is 0 Å². The summed E-state index contributed by atoms with van der Waals surface area (Å²) in [4.78, 5) is 13.8. The van der Waals surface area contributed by atoms with Crippen molar-refractivity contribution in [3.63, 3.8) is 0 Å². The number of carbonyl (C=O) groups is 1. The topological polar surface area (TPSA) is 29.5 Å². The highest BCUT2D eigenvalue weighted by Crippen LogP contribution is 2.22. The Kier molecular flexibility index (Phi) is 4.31. The fraction of sp³-hybridized carbons (Fsp3) is 0.500. The number of likely N-dealkylation sites (tertiary alicyclic amines) is 1. The van der Waals surface area contributed by atoms with E-state index in [-0.39, 0.29) is 17.8 Å². The van der Waals surface area contributed by atoms with E-state index in [1.807, 2.05) is 11.0 Å². The van der Waals surface area contributed by atoms with Crippen LogP contribution in [0.3, 0.4) is 0 Å². The third kappa shape index (κ3) is 2.88. The van der Waals surface area contributed by atoms with Crippen LogP contribution in [0.15, 0.2) is 24.3 Å². The molecule has 1 fully saturated rings. The fourth-order valence-electron chi connectivity index (χ4n) is 2.37. The molecule has 1 aromatic rings. The van der Waals surface area contributed by atoms with Gasteiger partial charge in [-0.2, -0.15) is 0 Å². The standard InChI is InChI=1S/C14H18FNO2/c1-2-18-14(17)13-8-5-9-16(13)10-11-6-3-4-7-12(11)15/h3-4,6-7,13H,2,5,8-10H2,1H3. The van der Waals surface area contributed by atoms with Gasteiger partial charge >= 0.3 is 5.97 Å². The first-order valence-electron chi connectivity index (χ1n) is 6.36. The minimum atomic E-state index is -0.218. The average Bonchev–Trinajstić information content (AvgIpc) is 2.81. The highest BCUT2D eigenvalue weighted by Gasteiger charge is 2.31. The number of hydrogen-bond acceptors (Lipinski definition) is 3. The number of ether oxygens (including phenoxy) is 1. The molecule has 18 heavy (non-hydrogen) atoms. The SMILES string of the molecule is CCOC(=O)C1CCCN1Cc1ccccc1F. The van der Waals surface area contributed by atoms with Crippen LogP contribution >= 0.6 is 0 Å². The van der Waals surface area contributed by atoms with Gasteiger partial charge in [-0.3, -0.25) is 9.69 Å². The number of hydrogen-bond donors (Lipinski definition) is 0. The van der Waals surface area contributed by atoms with E-state index in [9.17, 15) is 9.18 Å². The van der Waals surface area contributed by atoms with E-state index in [0.717, 1.165) is 19.4 Å². The number of benzene rings is 1. The van der Waals surface area contributed by atoms with Gasteiger partial charge in [0.05, 0.1) is 6.61 Å². The monoisotopic (exact) mass is 251 g/mol. The van der Waals surface area contributed by atoms with Gasteiger partial charge in [0.2, 0.25) is 0 Å². The maximum atomic E-state index is 13.6. The van der Waals surface area contributed by atoms with E-state index in [0.29, 0.717) is 18.7 Å². The first-order valence-corrected chi connectivity index (χ1v) is 6.36. The Labute approximate surface area is 107 Å². The summed E-state index contributed by atoms with van der Waals surface area (Å²) in [5.74, 6) is -0.404. The molecule has 1 saturated heterocycles. The molecule has 98 valence electrons. The van der Waals surface area contributed by atoms with Crippen LogP contribution in [0, 0.1) is 5.82 Å². The van der Waals surface area contributed by atoms with E-state index >= 15 is 0 Å². The molecule has 0 amide bonds. The lowest BCUT2D eigenvalue weighted by Gasteiger charge is -2.22. The molecule has 1 unspecified atom stereocenters. The summed E-state index contributed by atoms with van der Waals surface area (Å²) in [6, 6.07) is 6.48. The Morgan fingerprint density at radius 1 is 1.50 bits per heavy atom. The summed E-state index contributed by atoms with van der Waals surface area (Å²) in [5, 5.41) is 0. The summed E-state index contributed by atoms with van der Waals surface area (Å²) < 4.78 is 18.6. The molecule has 1 aromatic carbocycles. The molecule has 0 bridgehead atoms. The summed E-state index contributed by atoms with van der Waals surface area (Å²) in [7, 11) is 0. The number of halogens is 1. The van der Waals surface area contributed by atoms with Crippen LogP contribution in [0.25, 0.3) is 0 Å². The Hall–Kier alpha value is -1.42. The van der Waals surface area contributed by atoms with Gasteiger partial charge in [0.1, 0.15) is 11.9 Å². The third-order valence-corrected chi connectivity index (χ3v) is 3.25. The van der Waals surface area contributed by atoms with Crippen molar-refractivity contribution in [1.29, 1.82) is 0 Å². The zero-order chi connectivity index (χ0) is 13.0. The largest absolute Gasteiger partial charge is 0.465 e. The van der Waals surface area contributed by atoms with E-state index in [2.05, 4.69) is 0 Å². The van der Waals surface area contributed by atoms with Gasteiger partial charge in [0.15, 0.2) is 0 Å². The zero-order valence-electron chi connectivity index (χ0n) is 10.6. The number of carbonyl (C=O) groups excluding carboxylic acids is 1. The van der Waals surface area contributed by atoms with E-state index in [1.54, 1.807) is 19.1 Å². The highest BCUT2D eigenvalue weighted by molar-refractivity contribution is 5.76. The van der Waals surface area contributed by atoms with Crippen LogP contribution in [0.4, 0.5) is 4.39 Å². The molecule has 1 aliphatic heterocycles. The maximum absolute atomic E-state index is 13.6. The lowest BCUT2D eigenvalue weighted by atomic mass is 10.1. The molecule has 0 radical (unpaired) electrons. The number of esters is 1. The Morgan fingerprint density at radius 2 is 2.28 bits per heavy atom. The van der Waals surface area contributed by atoms with Gasteiger partial charge in [-0.15, -0.1) is 0 Å². The van der Waals surface area contributed by atoms with Crippen LogP contribution in [0.1, 0.15) is 25.3 Å². The van der Waals surface area contributed by atoms with Gasteiger partial charge in [-0.05, 0) is 32.4 Å². The van der Waals surface area contributed by atoms with Crippen LogP contribution in [0.2, 0.25) is 0 Å². The van der Waals surface area contributed by atoms with E-state index in [4.69, 9.17) is 4.74 Å². The predicted molar refractivity (Wildman–Crippen MR) is 66.5 cm³/mol. The minimum absolute atomic E-state index is 0.189. The van der Waals surface area contributed by atoms with Gasteiger partial charge in [-0.1, -0.05) is 18.2 Å². The zero-order valence-corrected chi connectivity index (χ0v) is 10.6. The van der Waals surface area contributed by atoms with Gasteiger partial charge in [0, 0.05) is 12.1 Å². The van der Waals surface area contributed by atoms with E-state index < -0.39 is 0 Å². The molecular formula is C14H18FNO2. The molecule has 0 spiro atoms. The van der Waals surface area contributed by atoms with Crippen molar-refractivity contribution in [2.24, 2.45) is 0 Å². The molecule has 2 rings (SSSR count). The summed E-state index contributed by atoms with van der Waals surface area (Å²) in [5.41, 5.74) is 0.633.